The molecular weight excluding hydrogens is 276 g/mol. The Bertz CT molecular complexity index is 559. The molecule has 3 atom stereocenters. The summed E-state index contributed by atoms with van der Waals surface area (Å²) in [6.07, 6.45) is 4.51. The quantitative estimate of drug-likeness (QED) is 0.819. The van der Waals surface area contributed by atoms with E-state index in [1.165, 1.54) is 9.70 Å². The molecule has 1 aliphatic carbocycles. The molecule has 1 saturated heterocycles. The third-order valence-electron chi connectivity index (χ3n) is 4.33. The van der Waals surface area contributed by atoms with Gasteiger partial charge in [0.1, 0.15) is 6.04 Å². The highest BCUT2D eigenvalue weighted by atomic mass is 16.4. The van der Waals surface area contributed by atoms with E-state index in [4.69, 9.17) is 0 Å². The number of amides is 2. The molecule has 1 saturated carbocycles. The Morgan fingerprint density at radius 2 is 2.10 bits per heavy atom. The summed E-state index contributed by atoms with van der Waals surface area (Å²) in [4.78, 5) is 26.6. The number of aromatic nitrogens is 4. The number of carbonyl (C=O) groups is 2. The Hall–Kier alpha value is -2.19. The van der Waals surface area contributed by atoms with E-state index in [0.29, 0.717) is 6.42 Å². The van der Waals surface area contributed by atoms with Gasteiger partial charge in [-0.25, -0.2) is 9.59 Å². The van der Waals surface area contributed by atoms with Crippen LogP contribution in [0, 0.1) is 5.92 Å². The first-order chi connectivity index (χ1) is 10.1. The van der Waals surface area contributed by atoms with Crippen LogP contribution in [0.1, 0.15) is 32.1 Å². The van der Waals surface area contributed by atoms with Crippen molar-refractivity contribution < 1.29 is 14.7 Å². The number of carboxylic acid groups (broad SMARTS) is 1. The van der Waals surface area contributed by atoms with Crippen LogP contribution in [0.4, 0.5) is 10.7 Å². The van der Waals surface area contributed by atoms with Crippen LogP contribution < -0.4 is 5.32 Å². The topological polar surface area (TPSA) is 113 Å². The van der Waals surface area contributed by atoms with E-state index in [1.807, 2.05) is 0 Å². The molecule has 3 unspecified atom stereocenters. The predicted molar refractivity (Wildman–Crippen MR) is 71.4 cm³/mol. The lowest BCUT2D eigenvalue weighted by molar-refractivity contribution is -0.141. The van der Waals surface area contributed by atoms with Gasteiger partial charge in [0.15, 0.2) is 0 Å². The van der Waals surface area contributed by atoms with Crippen LogP contribution in [0.25, 0.3) is 0 Å². The number of aryl methyl sites for hydroxylation is 1. The third kappa shape index (κ3) is 2.55. The number of nitrogens with one attached hydrogen (secondary N) is 1. The highest BCUT2D eigenvalue weighted by Gasteiger charge is 2.47. The average molecular weight is 294 g/mol. The molecule has 0 bridgehead atoms. The molecule has 2 amide bonds. The number of anilines is 1. The van der Waals surface area contributed by atoms with Crippen LogP contribution in [-0.2, 0) is 11.8 Å². The monoisotopic (exact) mass is 294 g/mol. The second-order valence-electron chi connectivity index (χ2n) is 5.64. The number of tetrazole rings is 1. The average Bonchev–Trinajstić information content (AvgIpc) is 3.02. The highest BCUT2D eigenvalue weighted by molar-refractivity contribution is 5.91. The van der Waals surface area contributed by atoms with Gasteiger partial charge in [0.25, 0.3) is 5.95 Å². The number of aliphatic carboxylic acids is 1. The molecule has 1 aromatic rings. The molecule has 2 heterocycles. The lowest BCUT2D eigenvalue weighted by Crippen LogP contribution is -2.48. The maximum absolute atomic E-state index is 12.4. The predicted octanol–water partition coefficient (Wildman–Crippen LogP) is 0.460. The Morgan fingerprint density at radius 3 is 2.76 bits per heavy atom. The SMILES string of the molecule is Cn1nnc(NC(=O)N2C(C(=O)O)CC3CCCCC32)n1. The van der Waals surface area contributed by atoms with E-state index in [1.54, 1.807) is 7.05 Å². The first kappa shape index (κ1) is 13.8. The molecule has 1 aromatic heterocycles. The Balaban J connectivity index is 1.79. The number of hydrogen-bond acceptors (Lipinski definition) is 5. The molecule has 114 valence electrons. The van der Waals surface area contributed by atoms with Crippen LogP contribution in [0.15, 0.2) is 0 Å². The number of carbonyl (C=O) groups excluding carboxylic acids is 1. The molecule has 0 radical (unpaired) electrons. The van der Waals surface area contributed by atoms with E-state index < -0.39 is 18.0 Å². The van der Waals surface area contributed by atoms with Crippen molar-refractivity contribution in [2.45, 2.75) is 44.2 Å². The third-order valence-corrected chi connectivity index (χ3v) is 4.33. The fraction of sp³-hybridized carbons (Fsp3) is 0.750. The molecule has 9 heteroatoms. The van der Waals surface area contributed by atoms with Crippen molar-refractivity contribution >= 4 is 17.9 Å². The fourth-order valence-electron chi connectivity index (χ4n) is 3.47. The van der Waals surface area contributed by atoms with Crippen molar-refractivity contribution in [1.82, 2.24) is 25.1 Å². The molecule has 1 aliphatic heterocycles. The molecule has 2 N–H and O–H groups in total. The maximum atomic E-state index is 12.4. The standard InChI is InChI=1S/C12H18N6O3/c1-17-15-11(14-16-17)13-12(21)18-8-5-3-2-4-7(8)6-9(18)10(19)20/h7-9H,2-6H2,1H3,(H,19,20)(H,13,15,21). The second-order valence-corrected chi connectivity index (χ2v) is 5.64. The van der Waals surface area contributed by atoms with Crippen molar-refractivity contribution in [2.75, 3.05) is 5.32 Å². The molecule has 2 fully saturated rings. The Morgan fingerprint density at radius 1 is 1.33 bits per heavy atom. The summed E-state index contributed by atoms with van der Waals surface area (Å²) in [5.41, 5.74) is 0. The largest absolute Gasteiger partial charge is 0.480 e. The number of likely N-dealkylation sites (tertiary alicyclic amines) is 1. The van der Waals surface area contributed by atoms with Crippen LogP contribution >= 0.6 is 0 Å². The van der Waals surface area contributed by atoms with Gasteiger partial charge in [-0.3, -0.25) is 5.32 Å². The van der Waals surface area contributed by atoms with E-state index >= 15 is 0 Å². The van der Waals surface area contributed by atoms with Gasteiger partial charge in [-0.1, -0.05) is 17.9 Å². The van der Waals surface area contributed by atoms with Crippen LogP contribution in [0.2, 0.25) is 0 Å². The van der Waals surface area contributed by atoms with Gasteiger partial charge in [-0.15, -0.1) is 5.10 Å². The van der Waals surface area contributed by atoms with Gasteiger partial charge in [0.2, 0.25) is 0 Å². The molecule has 21 heavy (non-hydrogen) atoms. The number of fused-ring (bicyclic) bond motifs is 1. The first-order valence-corrected chi connectivity index (χ1v) is 7.12. The number of carboxylic acids is 1. The number of hydrogen-bond donors (Lipinski definition) is 2. The first-order valence-electron chi connectivity index (χ1n) is 7.12. The molecular formula is C12H18N6O3. The number of rotatable bonds is 2. The van der Waals surface area contributed by atoms with Crippen molar-refractivity contribution in [3.63, 3.8) is 0 Å². The zero-order valence-electron chi connectivity index (χ0n) is 11.8. The summed E-state index contributed by atoms with van der Waals surface area (Å²) in [5, 5.41) is 23.1. The summed E-state index contributed by atoms with van der Waals surface area (Å²) in [6.45, 7) is 0. The molecule has 0 aromatic carbocycles. The van der Waals surface area contributed by atoms with E-state index in [2.05, 4.69) is 20.7 Å². The van der Waals surface area contributed by atoms with Crippen molar-refractivity contribution in [3.8, 4) is 0 Å². The number of nitrogens with zero attached hydrogens (tertiary/aromatic N) is 5. The van der Waals surface area contributed by atoms with Crippen molar-refractivity contribution in [1.29, 1.82) is 0 Å². The van der Waals surface area contributed by atoms with Crippen LogP contribution in [0.3, 0.4) is 0 Å². The number of urea groups is 1. The normalized spacial score (nSPS) is 28.2. The zero-order valence-corrected chi connectivity index (χ0v) is 11.8. The smallest absolute Gasteiger partial charge is 0.326 e. The Labute approximate surface area is 121 Å². The highest BCUT2D eigenvalue weighted by Crippen LogP contribution is 2.39. The lowest BCUT2D eigenvalue weighted by atomic mass is 9.85. The molecule has 3 rings (SSSR count). The van der Waals surface area contributed by atoms with Crippen molar-refractivity contribution in [2.24, 2.45) is 13.0 Å². The van der Waals surface area contributed by atoms with E-state index in [-0.39, 0.29) is 17.9 Å². The molecule has 2 aliphatic rings. The fourth-order valence-corrected chi connectivity index (χ4v) is 3.47. The molecule has 9 nitrogen and oxygen atoms in total. The minimum Gasteiger partial charge on any atom is -0.480 e. The minimum absolute atomic E-state index is 0.00322. The van der Waals surface area contributed by atoms with Gasteiger partial charge in [-0.05, 0) is 30.4 Å². The lowest BCUT2D eigenvalue weighted by Gasteiger charge is -2.32. The van der Waals surface area contributed by atoms with Crippen LogP contribution in [0.5, 0.6) is 0 Å². The van der Waals surface area contributed by atoms with E-state index in [0.717, 1.165) is 25.7 Å². The zero-order chi connectivity index (χ0) is 15.0. The second kappa shape index (κ2) is 5.30. The summed E-state index contributed by atoms with van der Waals surface area (Å²) in [5.74, 6) is -0.585. The Kier molecular flexibility index (Phi) is 3.48. The van der Waals surface area contributed by atoms with Gasteiger partial charge in [0.05, 0.1) is 7.05 Å². The summed E-state index contributed by atoms with van der Waals surface area (Å²) in [6, 6.07) is -1.23. The summed E-state index contributed by atoms with van der Waals surface area (Å²) in [7, 11) is 1.59. The summed E-state index contributed by atoms with van der Waals surface area (Å²) < 4.78 is 0. The maximum Gasteiger partial charge on any atom is 0.326 e. The van der Waals surface area contributed by atoms with E-state index in [9.17, 15) is 14.7 Å². The summed E-state index contributed by atoms with van der Waals surface area (Å²) >= 11 is 0. The minimum atomic E-state index is -0.952. The van der Waals surface area contributed by atoms with Gasteiger partial charge in [0, 0.05) is 6.04 Å². The van der Waals surface area contributed by atoms with Crippen molar-refractivity contribution in [3.05, 3.63) is 0 Å². The van der Waals surface area contributed by atoms with Gasteiger partial charge < -0.3 is 10.0 Å². The molecule has 0 spiro atoms. The van der Waals surface area contributed by atoms with Crippen LogP contribution in [-0.4, -0.2) is 54.3 Å². The van der Waals surface area contributed by atoms with Gasteiger partial charge >= 0.3 is 12.0 Å². The van der Waals surface area contributed by atoms with Gasteiger partial charge in [-0.2, -0.15) is 4.80 Å².